The van der Waals surface area contributed by atoms with Crippen LogP contribution in [0.2, 0.25) is 0 Å². The van der Waals surface area contributed by atoms with Crippen LogP contribution in [0.1, 0.15) is 50.8 Å². The fraction of sp³-hybridized carbons (Fsp3) is 0.571. The summed E-state index contributed by atoms with van der Waals surface area (Å²) in [5, 5.41) is 0. The summed E-state index contributed by atoms with van der Waals surface area (Å²) < 4.78 is 0. The van der Waals surface area contributed by atoms with Crippen LogP contribution < -0.4 is 0 Å². The van der Waals surface area contributed by atoms with Crippen LogP contribution in [-0.4, -0.2) is 9.97 Å². The molecule has 1 aromatic rings. The Hall–Kier alpha value is -1.18. The Bertz CT molecular complexity index is 462. The lowest BCUT2D eigenvalue weighted by molar-refractivity contribution is 0.297. The van der Waals surface area contributed by atoms with Crippen LogP contribution in [0.25, 0.3) is 5.57 Å². The van der Waals surface area contributed by atoms with Gasteiger partial charge in [-0.25, -0.2) is 9.97 Å². The lowest BCUT2D eigenvalue weighted by Gasteiger charge is -2.41. The van der Waals surface area contributed by atoms with Gasteiger partial charge in [-0.1, -0.05) is 18.9 Å². The van der Waals surface area contributed by atoms with E-state index in [9.17, 15) is 0 Å². The highest BCUT2D eigenvalue weighted by molar-refractivity contribution is 5.70. The number of nitrogens with zero attached hydrogens (tertiary/aromatic N) is 2. The van der Waals surface area contributed by atoms with Crippen molar-refractivity contribution in [2.45, 2.75) is 46.0 Å². The Labute approximate surface area is 96.8 Å². The third-order valence-electron chi connectivity index (χ3n) is 4.31. The van der Waals surface area contributed by atoms with Crippen molar-refractivity contribution in [3.8, 4) is 0 Å². The van der Waals surface area contributed by atoms with Gasteiger partial charge in [-0.3, -0.25) is 0 Å². The van der Waals surface area contributed by atoms with Gasteiger partial charge in [0.15, 0.2) is 0 Å². The Balaban J connectivity index is 2.18. The Kier molecular flexibility index (Phi) is 2.13. The van der Waals surface area contributed by atoms with Crippen molar-refractivity contribution < 1.29 is 0 Å². The number of rotatable bonds is 0. The second kappa shape index (κ2) is 3.41. The molecule has 0 spiro atoms. The molecule has 1 fully saturated rings. The van der Waals surface area contributed by atoms with Gasteiger partial charge in [0.25, 0.3) is 0 Å². The predicted octanol–water partition coefficient (Wildman–Crippen LogP) is 3.39. The zero-order valence-electron chi connectivity index (χ0n) is 10.1. The van der Waals surface area contributed by atoms with Gasteiger partial charge in [0.05, 0.1) is 5.69 Å². The van der Waals surface area contributed by atoms with Gasteiger partial charge in [0.2, 0.25) is 0 Å². The van der Waals surface area contributed by atoms with Crippen LogP contribution in [0.4, 0.5) is 0 Å². The van der Waals surface area contributed by atoms with Crippen molar-refractivity contribution in [3.05, 3.63) is 29.4 Å². The molecule has 2 aliphatic rings. The highest BCUT2D eigenvalue weighted by Gasteiger charge is 2.37. The summed E-state index contributed by atoms with van der Waals surface area (Å²) in [6.45, 7) is 4.66. The minimum absolute atomic E-state index is 0.389. The van der Waals surface area contributed by atoms with Gasteiger partial charge in [0, 0.05) is 6.20 Å². The van der Waals surface area contributed by atoms with Crippen molar-refractivity contribution in [1.29, 1.82) is 0 Å². The van der Waals surface area contributed by atoms with E-state index in [4.69, 9.17) is 0 Å². The molecule has 3 rings (SSSR count). The maximum atomic E-state index is 4.45. The molecule has 2 nitrogen and oxygen atoms in total. The number of hydrogen-bond acceptors (Lipinski definition) is 2. The number of fused-ring (bicyclic) bond motifs is 2. The second-order valence-electron chi connectivity index (χ2n) is 5.44. The topological polar surface area (TPSA) is 25.8 Å². The fourth-order valence-corrected chi connectivity index (χ4v) is 3.49. The van der Waals surface area contributed by atoms with E-state index >= 15 is 0 Å². The van der Waals surface area contributed by atoms with Crippen LogP contribution in [0.15, 0.2) is 18.1 Å². The van der Waals surface area contributed by atoms with Crippen molar-refractivity contribution in [1.82, 2.24) is 9.97 Å². The molecule has 2 aliphatic carbocycles. The van der Waals surface area contributed by atoms with Gasteiger partial charge in [0.1, 0.15) is 6.33 Å². The highest BCUT2D eigenvalue weighted by atomic mass is 14.8. The van der Waals surface area contributed by atoms with Crippen LogP contribution in [0.3, 0.4) is 0 Å². The summed E-state index contributed by atoms with van der Waals surface area (Å²) in [5.74, 6) is 0. The molecule has 2 heteroatoms. The number of allylic oxidation sites excluding steroid dienone is 2. The van der Waals surface area contributed by atoms with Crippen molar-refractivity contribution in [2.24, 2.45) is 5.41 Å². The van der Waals surface area contributed by atoms with Crippen molar-refractivity contribution in [3.63, 3.8) is 0 Å². The molecule has 1 heterocycles. The van der Waals surface area contributed by atoms with Gasteiger partial charge in [-0.2, -0.15) is 0 Å². The molecule has 0 aromatic carbocycles. The van der Waals surface area contributed by atoms with Crippen LogP contribution in [-0.2, 0) is 6.42 Å². The van der Waals surface area contributed by atoms with Gasteiger partial charge < -0.3 is 0 Å². The minimum atomic E-state index is 0.389. The third kappa shape index (κ3) is 1.32. The molecule has 1 aromatic heterocycles. The molecule has 16 heavy (non-hydrogen) atoms. The van der Waals surface area contributed by atoms with E-state index in [-0.39, 0.29) is 0 Å². The molecule has 0 amide bonds. The summed E-state index contributed by atoms with van der Waals surface area (Å²) in [6, 6.07) is 0. The summed E-state index contributed by atoms with van der Waals surface area (Å²) in [6.07, 6.45) is 10.1. The zero-order valence-corrected chi connectivity index (χ0v) is 10.1. The number of hydrogen-bond donors (Lipinski definition) is 0. The van der Waals surface area contributed by atoms with Crippen LogP contribution in [0.5, 0.6) is 0 Å². The summed E-state index contributed by atoms with van der Waals surface area (Å²) in [4.78, 5) is 8.62. The first-order valence-corrected chi connectivity index (χ1v) is 6.20. The standard InChI is InChI=1S/C14H18N2/c1-10-12-5-3-4-6-14(12,2)7-11-8-15-9-16-13(10)11/h8-9H,3-7H2,1-2H3. The molecule has 84 valence electrons. The van der Waals surface area contributed by atoms with E-state index in [1.54, 1.807) is 11.9 Å². The van der Waals surface area contributed by atoms with Gasteiger partial charge >= 0.3 is 0 Å². The molecule has 1 saturated carbocycles. The summed E-state index contributed by atoms with van der Waals surface area (Å²) >= 11 is 0. The van der Waals surface area contributed by atoms with Crippen molar-refractivity contribution >= 4 is 5.57 Å². The lowest BCUT2D eigenvalue weighted by atomic mass is 9.64. The maximum Gasteiger partial charge on any atom is 0.116 e. The summed E-state index contributed by atoms with van der Waals surface area (Å²) in [7, 11) is 0. The third-order valence-corrected chi connectivity index (χ3v) is 4.31. The molecule has 0 N–H and O–H groups in total. The van der Waals surface area contributed by atoms with Crippen LogP contribution >= 0.6 is 0 Å². The smallest absolute Gasteiger partial charge is 0.116 e. The Morgan fingerprint density at radius 2 is 2.19 bits per heavy atom. The largest absolute Gasteiger partial charge is 0.244 e. The quantitative estimate of drug-likeness (QED) is 0.661. The Morgan fingerprint density at radius 1 is 1.31 bits per heavy atom. The SMILES string of the molecule is CC1=C2CCCCC2(C)Cc2cncnc21. The molecule has 0 bridgehead atoms. The normalized spacial score (nSPS) is 28.6. The summed E-state index contributed by atoms with van der Waals surface area (Å²) in [5.41, 5.74) is 6.01. The first-order valence-electron chi connectivity index (χ1n) is 6.20. The van der Waals surface area contributed by atoms with E-state index in [1.807, 2.05) is 6.20 Å². The molecule has 0 aliphatic heterocycles. The molecule has 0 saturated heterocycles. The lowest BCUT2D eigenvalue weighted by Crippen LogP contribution is -2.30. The average molecular weight is 214 g/mol. The van der Waals surface area contributed by atoms with Crippen LogP contribution in [0, 0.1) is 5.41 Å². The molecule has 1 unspecified atom stereocenters. The van der Waals surface area contributed by atoms with Gasteiger partial charge in [-0.05, 0) is 49.2 Å². The molecular formula is C14H18N2. The fourth-order valence-electron chi connectivity index (χ4n) is 3.49. The molecular weight excluding hydrogens is 196 g/mol. The average Bonchev–Trinajstić information content (AvgIpc) is 2.28. The van der Waals surface area contributed by atoms with Gasteiger partial charge in [-0.15, -0.1) is 0 Å². The first kappa shape index (κ1) is 10.0. The Morgan fingerprint density at radius 3 is 3.06 bits per heavy atom. The monoisotopic (exact) mass is 214 g/mol. The predicted molar refractivity (Wildman–Crippen MR) is 64.9 cm³/mol. The maximum absolute atomic E-state index is 4.45. The minimum Gasteiger partial charge on any atom is -0.244 e. The molecule has 0 radical (unpaired) electrons. The molecule has 1 atom stereocenters. The second-order valence-corrected chi connectivity index (χ2v) is 5.44. The van der Waals surface area contributed by atoms with E-state index in [1.165, 1.54) is 42.5 Å². The van der Waals surface area contributed by atoms with E-state index in [0.717, 1.165) is 6.42 Å². The number of aromatic nitrogens is 2. The highest BCUT2D eigenvalue weighted by Crippen LogP contribution is 2.49. The van der Waals surface area contributed by atoms with E-state index in [2.05, 4.69) is 23.8 Å². The van der Waals surface area contributed by atoms with E-state index < -0.39 is 0 Å². The van der Waals surface area contributed by atoms with Crippen molar-refractivity contribution in [2.75, 3.05) is 0 Å². The zero-order chi connectivity index (χ0) is 11.2. The van der Waals surface area contributed by atoms with E-state index in [0.29, 0.717) is 5.41 Å². The first-order chi connectivity index (χ1) is 7.71.